The SMILES string of the molecule is N#CC1C=NC=CN1c1ccc[nH]c1=O. The van der Waals surface area contributed by atoms with Gasteiger partial charge in [0.05, 0.1) is 6.07 Å². The van der Waals surface area contributed by atoms with Crippen LogP contribution in [0, 0.1) is 11.3 Å². The fourth-order valence-corrected chi connectivity index (χ4v) is 1.35. The molecule has 1 unspecified atom stereocenters. The minimum absolute atomic E-state index is 0.224. The number of aromatic nitrogens is 1. The summed E-state index contributed by atoms with van der Waals surface area (Å²) in [7, 11) is 0. The van der Waals surface area contributed by atoms with Crippen molar-refractivity contribution in [2.24, 2.45) is 4.99 Å². The summed E-state index contributed by atoms with van der Waals surface area (Å²) in [4.78, 5) is 19.5. The van der Waals surface area contributed by atoms with Gasteiger partial charge in [0.25, 0.3) is 5.56 Å². The molecule has 0 bridgehead atoms. The summed E-state index contributed by atoms with van der Waals surface area (Å²) in [6.45, 7) is 0. The van der Waals surface area contributed by atoms with Gasteiger partial charge in [-0.2, -0.15) is 5.26 Å². The Kier molecular flexibility index (Phi) is 2.33. The lowest BCUT2D eigenvalue weighted by molar-refractivity contribution is 0.962. The Labute approximate surface area is 86.0 Å². The first kappa shape index (κ1) is 9.21. The predicted molar refractivity (Wildman–Crippen MR) is 56.6 cm³/mol. The molecule has 0 saturated heterocycles. The standard InChI is InChI=1S/C10H8N4O/c11-6-8-7-12-4-5-14(8)9-2-1-3-13-10(9)15/h1-5,7-8H,(H,13,15). The minimum Gasteiger partial charge on any atom is -0.327 e. The Bertz CT molecular complexity index is 509. The Hall–Kier alpha value is -2.35. The van der Waals surface area contributed by atoms with E-state index in [1.807, 2.05) is 0 Å². The number of pyridine rings is 1. The number of nitrogens with zero attached hydrogens (tertiary/aromatic N) is 3. The van der Waals surface area contributed by atoms with E-state index in [0.717, 1.165) is 0 Å². The molecule has 2 rings (SSSR count). The van der Waals surface area contributed by atoms with Gasteiger partial charge in [-0.1, -0.05) is 0 Å². The summed E-state index contributed by atoms with van der Waals surface area (Å²) >= 11 is 0. The number of anilines is 1. The molecule has 0 amide bonds. The predicted octanol–water partition coefficient (Wildman–Crippen LogP) is 0.629. The molecular weight excluding hydrogens is 192 g/mol. The molecule has 1 aromatic rings. The molecule has 2 heterocycles. The fraction of sp³-hybridized carbons (Fsp3) is 0.100. The topological polar surface area (TPSA) is 72.2 Å². The number of H-pyrrole nitrogens is 1. The first-order valence-corrected chi connectivity index (χ1v) is 4.38. The molecule has 5 nitrogen and oxygen atoms in total. The van der Waals surface area contributed by atoms with E-state index in [0.29, 0.717) is 5.69 Å². The second-order valence-electron chi connectivity index (χ2n) is 2.96. The molecule has 15 heavy (non-hydrogen) atoms. The van der Waals surface area contributed by atoms with Crippen LogP contribution >= 0.6 is 0 Å². The maximum atomic E-state index is 11.5. The Morgan fingerprint density at radius 3 is 3.20 bits per heavy atom. The lowest BCUT2D eigenvalue weighted by Crippen LogP contribution is -2.35. The monoisotopic (exact) mass is 200 g/mol. The minimum atomic E-state index is -0.529. The van der Waals surface area contributed by atoms with Gasteiger partial charge in [0.15, 0.2) is 6.04 Å². The number of hydrogen-bond acceptors (Lipinski definition) is 4. The van der Waals surface area contributed by atoms with Gasteiger partial charge in [0.2, 0.25) is 0 Å². The molecule has 0 radical (unpaired) electrons. The molecular formula is C10H8N4O. The summed E-state index contributed by atoms with van der Waals surface area (Å²) < 4.78 is 0. The summed E-state index contributed by atoms with van der Waals surface area (Å²) in [5, 5.41) is 8.88. The zero-order valence-corrected chi connectivity index (χ0v) is 7.79. The summed E-state index contributed by atoms with van der Waals surface area (Å²) in [5.74, 6) is 0. The van der Waals surface area contributed by atoms with E-state index in [-0.39, 0.29) is 5.56 Å². The number of hydrogen-bond donors (Lipinski definition) is 1. The molecule has 0 aromatic carbocycles. The average Bonchev–Trinajstić information content (AvgIpc) is 2.30. The molecule has 1 aromatic heterocycles. The lowest BCUT2D eigenvalue weighted by atomic mass is 10.2. The zero-order chi connectivity index (χ0) is 10.7. The fourth-order valence-electron chi connectivity index (χ4n) is 1.35. The zero-order valence-electron chi connectivity index (χ0n) is 7.79. The highest BCUT2D eigenvalue weighted by Gasteiger charge is 2.18. The van der Waals surface area contributed by atoms with E-state index in [1.54, 1.807) is 35.6 Å². The normalized spacial score (nSPS) is 18.9. The van der Waals surface area contributed by atoms with Crippen LogP contribution in [-0.4, -0.2) is 17.2 Å². The van der Waals surface area contributed by atoms with Crippen molar-refractivity contribution in [1.29, 1.82) is 5.26 Å². The third-order valence-corrected chi connectivity index (χ3v) is 2.05. The van der Waals surface area contributed by atoms with E-state index < -0.39 is 6.04 Å². The van der Waals surface area contributed by atoms with E-state index in [9.17, 15) is 4.79 Å². The first-order valence-electron chi connectivity index (χ1n) is 4.38. The molecule has 0 fully saturated rings. The number of nitrogens with one attached hydrogen (secondary N) is 1. The Morgan fingerprint density at radius 1 is 1.60 bits per heavy atom. The highest BCUT2D eigenvalue weighted by molar-refractivity contribution is 5.77. The quantitative estimate of drug-likeness (QED) is 0.722. The first-order chi connectivity index (χ1) is 7.33. The van der Waals surface area contributed by atoms with Crippen molar-refractivity contribution >= 4 is 11.9 Å². The second kappa shape index (κ2) is 3.80. The number of aromatic amines is 1. The highest BCUT2D eigenvalue weighted by Crippen LogP contribution is 2.13. The van der Waals surface area contributed by atoms with Crippen LogP contribution < -0.4 is 10.5 Å². The van der Waals surface area contributed by atoms with Crippen molar-refractivity contribution in [1.82, 2.24) is 4.98 Å². The van der Waals surface area contributed by atoms with Crippen molar-refractivity contribution in [3.05, 3.63) is 41.1 Å². The van der Waals surface area contributed by atoms with Crippen LogP contribution in [0.2, 0.25) is 0 Å². The smallest absolute Gasteiger partial charge is 0.271 e. The van der Waals surface area contributed by atoms with Gasteiger partial charge in [0, 0.05) is 24.8 Å². The number of nitriles is 1. The van der Waals surface area contributed by atoms with Crippen molar-refractivity contribution in [3.8, 4) is 6.07 Å². The van der Waals surface area contributed by atoms with Gasteiger partial charge in [0.1, 0.15) is 5.69 Å². The molecule has 0 spiro atoms. The molecule has 1 N–H and O–H groups in total. The van der Waals surface area contributed by atoms with Gasteiger partial charge >= 0.3 is 0 Å². The molecule has 5 heteroatoms. The summed E-state index contributed by atoms with van der Waals surface area (Å²) in [5.41, 5.74) is 0.212. The van der Waals surface area contributed by atoms with Gasteiger partial charge in [-0.15, -0.1) is 0 Å². The van der Waals surface area contributed by atoms with Crippen LogP contribution in [0.3, 0.4) is 0 Å². The van der Waals surface area contributed by atoms with Crippen LogP contribution in [0.25, 0.3) is 0 Å². The molecule has 0 saturated carbocycles. The van der Waals surface area contributed by atoms with Crippen molar-refractivity contribution in [2.75, 3.05) is 4.90 Å². The van der Waals surface area contributed by atoms with Crippen LogP contribution in [0.15, 0.2) is 40.5 Å². The number of aliphatic imine (C=N–C) groups is 1. The Balaban J connectivity index is 2.44. The van der Waals surface area contributed by atoms with Crippen molar-refractivity contribution in [3.63, 3.8) is 0 Å². The third-order valence-electron chi connectivity index (χ3n) is 2.05. The average molecular weight is 200 g/mol. The van der Waals surface area contributed by atoms with Crippen LogP contribution in [0.1, 0.15) is 0 Å². The van der Waals surface area contributed by atoms with Crippen LogP contribution in [-0.2, 0) is 0 Å². The summed E-state index contributed by atoms with van der Waals surface area (Å²) in [6.07, 6.45) is 6.19. The van der Waals surface area contributed by atoms with E-state index in [1.165, 1.54) is 6.21 Å². The van der Waals surface area contributed by atoms with Crippen LogP contribution in [0.5, 0.6) is 0 Å². The maximum Gasteiger partial charge on any atom is 0.271 e. The molecule has 1 aliphatic heterocycles. The maximum absolute atomic E-state index is 11.5. The van der Waals surface area contributed by atoms with E-state index in [4.69, 9.17) is 5.26 Å². The highest BCUT2D eigenvalue weighted by atomic mass is 16.1. The van der Waals surface area contributed by atoms with Crippen molar-refractivity contribution in [2.45, 2.75) is 6.04 Å². The number of rotatable bonds is 1. The molecule has 0 aliphatic carbocycles. The van der Waals surface area contributed by atoms with Gasteiger partial charge in [-0.3, -0.25) is 9.79 Å². The van der Waals surface area contributed by atoms with E-state index >= 15 is 0 Å². The second-order valence-corrected chi connectivity index (χ2v) is 2.96. The molecule has 74 valence electrons. The van der Waals surface area contributed by atoms with Gasteiger partial charge in [-0.05, 0) is 12.1 Å². The largest absolute Gasteiger partial charge is 0.327 e. The molecule has 1 atom stereocenters. The van der Waals surface area contributed by atoms with Gasteiger partial charge in [-0.25, -0.2) is 0 Å². The van der Waals surface area contributed by atoms with Crippen LogP contribution in [0.4, 0.5) is 5.69 Å². The van der Waals surface area contributed by atoms with Gasteiger partial charge < -0.3 is 9.88 Å². The molecule has 1 aliphatic rings. The summed E-state index contributed by atoms with van der Waals surface area (Å²) in [6, 6.07) is 4.90. The lowest BCUT2D eigenvalue weighted by Gasteiger charge is -2.23. The Morgan fingerprint density at radius 2 is 2.47 bits per heavy atom. The van der Waals surface area contributed by atoms with E-state index in [2.05, 4.69) is 16.0 Å². The van der Waals surface area contributed by atoms with Crippen molar-refractivity contribution < 1.29 is 0 Å². The third kappa shape index (κ3) is 1.65.